The summed E-state index contributed by atoms with van der Waals surface area (Å²) in [6.45, 7) is 3.61. The van der Waals surface area contributed by atoms with Gasteiger partial charge in [0.2, 0.25) is 5.95 Å². The Morgan fingerprint density at radius 1 is 1.24 bits per heavy atom. The molecule has 0 aliphatic carbocycles. The van der Waals surface area contributed by atoms with Gasteiger partial charge in [-0.3, -0.25) is 19.9 Å². The second-order valence-corrected chi connectivity index (χ2v) is 8.07. The van der Waals surface area contributed by atoms with Crippen LogP contribution >= 0.6 is 11.8 Å². The lowest BCUT2D eigenvalue weighted by atomic mass is 9.97. The van der Waals surface area contributed by atoms with E-state index < -0.39 is 0 Å². The minimum atomic E-state index is -0.375. The monoisotopic (exact) mass is 410 g/mol. The molecule has 2 saturated heterocycles. The molecule has 2 aliphatic heterocycles. The predicted molar refractivity (Wildman–Crippen MR) is 112 cm³/mol. The summed E-state index contributed by atoms with van der Waals surface area (Å²) in [7, 11) is 0. The lowest BCUT2D eigenvalue weighted by Gasteiger charge is -2.32. The molecule has 9 heteroatoms. The molecule has 0 atom stereocenters. The van der Waals surface area contributed by atoms with Crippen LogP contribution in [0.1, 0.15) is 24.1 Å². The Balaban J connectivity index is 1.29. The van der Waals surface area contributed by atoms with Gasteiger partial charge in [0.15, 0.2) is 0 Å². The Morgan fingerprint density at radius 3 is 2.83 bits per heavy atom. The predicted octanol–water partition coefficient (Wildman–Crippen LogP) is 2.20. The normalized spacial score (nSPS) is 19.0. The summed E-state index contributed by atoms with van der Waals surface area (Å²) in [5.74, 6) is 0.911. The van der Waals surface area contributed by atoms with Gasteiger partial charge in [0.1, 0.15) is 0 Å². The van der Waals surface area contributed by atoms with Crippen LogP contribution in [0.4, 0.5) is 10.7 Å². The Bertz CT molecular complexity index is 912. The first-order valence-corrected chi connectivity index (χ1v) is 10.4. The topological polar surface area (TPSA) is 100 Å². The highest BCUT2D eigenvalue weighted by molar-refractivity contribution is 8.18. The average Bonchev–Trinajstić information content (AvgIpc) is 3.06. The van der Waals surface area contributed by atoms with Crippen molar-refractivity contribution >= 4 is 34.9 Å². The van der Waals surface area contributed by atoms with Crippen LogP contribution in [0.5, 0.6) is 0 Å². The maximum Gasteiger partial charge on any atom is 0.290 e. The number of nitrogens with zero attached hydrogens (tertiary/aromatic N) is 4. The molecule has 2 amide bonds. The molecule has 150 valence electrons. The van der Waals surface area contributed by atoms with Crippen molar-refractivity contribution in [2.75, 3.05) is 24.5 Å². The second kappa shape index (κ2) is 9.15. The van der Waals surface area contributed by atoms with E-state index in [1.165, 1.54) is 5.56 Å². The van der Waals surface area contributed by atoms with Gasteiger partial charge in [-0.2, -0.15) is 0 Å². The van der Waals surface area contributed by atoms with Crippen LogP contribution < -0.4 is 15.5 Å². The van der Waals surface area contributed by atoms with Crippen molar-refractivity contribution in [2.24, 2.45) is 5.92 Å². The van der Waals surface area contributed by atoms with Gasteiger partial charge in [-0.15, -0.1) is 0 Å². The van der Waals surface area contributed by atoms with Crippen molar-refractivity contribution in [3.8, 4) is 0 Å². The number of aromatic nitrogens is 3. The highest BCUT2D eigenvalue weighted by Crippen LogP contribution is 2.26. The summed E-state index contributed by atoms with van der Waals surface area (Å²) in [5.41, 5.74) is 1.82. The van der Waals surface area contributed by atoms with E-state index in [9.17, 15) is 9.59 Å². The molecule has 4 heterocycles. The lowest BCUT2D eigenvalue weighted by molar-refractivity contribution is -0.115. The first-order valence-electron chi connectivity index (χ1n) is 9.60. The first kappa shape index (κ1) is 19.5. The number of pyridine rings is 1. The number of rotatable bonds is 6. The molecule has 2 aromatic heterocycles. The highest BCUT2D eigenvalue weighted by Gasteiger charge is 2.25. The number of hydrogen-bond donors (Lipinski definition) is 2. The molecule has 8 nitrogen and oxygen atoms in total. The van der Waals surface area contributed by atoms with E-state index in [1.807, 2.05) is 12.3 Å². The van der Waals surface area contributed by atoms with Crippen LogP contribution in [0.15, 0.2) is 41.7 Å². The van der Waals surface area contributed by atoms with Gasteiger partial charge in [-0.1, -0.05) is 6.07 Å². The van der Waals surface area contributed by atoms with Crippen molar-refractivity contribution in [1.29, 1.82) is 0 Å². The molecule has 0 saturated carbocycles. The van der Waals surface area contributed by atoms with Crippen LogP contribution in [-0.2, 0) is 11.3 Å². The van der Waals surface area contributed by atoms with Gasteiger partial charge >= 0.3 is 0 Å². The van der Waals surface area contributed by atoms with Crippen LogP contribution in [0.3, 0.4) is 0 Å². The third-order valence-corrected chi connectivity index (χ3v) is 5.78. The van der Waals surface area contributed by atoms with Crippen molar-refractivity contribution in [1.82, 2.24) is 25.6 Å². The maximum atomic E-state index is 11.7. The second-order valence-electron chi connectivity index (χ2n) is 7.06. The third-order valence-electron chi connectivity index (χ3n) is 4.97. The number of carbonyl (C=O) groups is 2. The zero-order chi connectivity index (χ0) is 20.1. The van der Waals surface area contributed by atoms with E-state index in [2.05, 4.69) is 36.6 Å². The van der Waals surface area contributed by atoms with Gasteiger partial charge in [-0.25, -0.2) is 9.97 Å². The van der Waals surface area contributed by atoms with E-state index >= 15 is 0 Å². The Morgan fingerprint density at radius 2 is 2.10 bits per heavy atom. The molecule has 0 bridgehead atoms. The van der Waals surface area contributed by atoms with Gasteiger partial charge in [0, 0.05) is 38.2 Å². The molecule has 2 aromatic rings. The Hall–Kier alpha value is -2.78. The highest BCUT2D eigenvalue weighted by atomic mass is 32.2. The number of carbonyl (C=O) groups excluding carboxylic acids is 2. The molecule has 2 aliphatic rings. The SMILES string of the molecule is O=C1NC(=O)/C(=C/c2ccnc(N3CCC(CNCc4cccnc4)CC3)n2)S1. The Kier molecular flexibility index (Phi) is 6.16. The van der Waals surface area contributed by atoms with Crippen LogP contribution in [0, 0.1) is 5.92 Å². The van der Waals surface area contributed by atoms with Crippen molar-refractivity contribution in [3.63, 3.8) is 0 Å². The standard InChI is InChI=1S/C20H22N6O2S/c27-18-17(29-20(28)25-18)10-16-3-7-23-19(24-16)26-8-4-14(5-9-26)11-22-13-15-2-1-6-21-12-15/h1-3,6-7,10,12,14,22H,4-5,8-9,11,13H2,(H,25,27,28)/b17-10-. The summed E-state index contributed by atoms with van der Waals surface area (Å²) in [4.78, 5) is 38.6. The van der Waals surface area contributed by atoms with Gasteiger partial charge < -0.3 is 10.2 Å². The average molecular weight is 411 g/mol. The molecule has 0 spiro atoms. The molecule has 0 radical (unpaired) electrons. The fraction of sp³-hybridized carbons (Fsp3) is 0.350. The van der Waals surface area contributed by atoms with Crippen LogP contribution in [0.25, 0.3) is 6.08 Å². The minimum absolute atomic E-state index is 0.352. The minimum Gasteiger partial charge on any atom is -0.341 e. The number of thioether (sulfide) groups is 1. The van der Waals surface area contributed by atoms with Crippen molar-refractivity contribution in [2.45, 2.75) is 19.4 Å². The van der Waals surface area contributed by atoms with Gasteiger partial charge in [-0.05, 0) is 60.8 Å². The molecule has 2 N–H and O–H groups in total. The summed E-state index contributed by atoms with van der Waals surface area (Å²) in [6, 6.07) is 5.77. The molecule has 29 heavy (non-hydrogen) atoms. The summed E-state index contributed by atoms with van der Waals surface area (Å²) >= 11 is 0.893. The first-order chi connectivity index (χ1) is 14.2. The fourth-order valence-electron chi connectivity index (χ4n) is 3.41. The third kappa shape index (κ3) is 5.18. The molecule has 0 aromatic carbocycles. The van der Waals surface area contributed by atoms with E-state index in [-0.39, 0.29) is 11.1 Å². The zero-order valence-corrected chi connectivity index (χ0v) is 16.7. The molecular weight excluding hydrogens is 388 g/mol. The maximum absolute atomic E-state index is 11.7. The molecule has 4 rings (SSSR count). The zero-order valence-electron chi connectivity index (χ0n) is 15.9. The number of anilines is 1. The summed E-state index contributed by atoms with van der Waals surface area (Å²) in [5, 5.41) is 5.42. The molecule has 0 unspecified atom stereocenters. The van der Waals surface area contributed by atoms with E-state index in [0.717, 1.165) is 50.8 Å². The van der Waals surface area contributed by atoms with Gasteiger partial charge in [0.05, 0.1) is 10.6 Å². The van der Waals surface area contributed by atoms with E-state index in [4.69, 9.17) is 0 Å². The van der Waals surface area contributed by atoms with E-state index in [1.54, 1.807) is 24.5 Å². The van der Waals surface area contributed by atoms with Gasteiger partial charge in [0.25, 0.3) is 11.1 Å². The quantitative estimate of drug-likeness (QED) is 0.699. The molecule has 2 fully saturated rings. The molecular formula is C20H22N6O2S. The van der Waals surface area contributed by atoms with Crippen molar-refractivity contribution in [3.05, 3.63) is 53.0 Å². The van der Waals surface area contributed by atoms with Crippen LogP contribution in [0.2, 0.25) is 0 Å². The number of hydrogen-bond acceptors (Lipinski definition) is 8. The number of imide groups is 1. The number of piperidine rings is 1. The van der Waals surface area contributed by atoms with Crippen molar-refractivity contribution < 1.29 is 9.59 Å². The fourth-order valence-corrected chi connectivity index (χ4v) is 4.08. The Labute approximate surface area is 173 Å². The number of amides is 2. The smallest absolute Gasteiger partial charge is 0.290 e. The van der Waals surface area contributed by atoms with E-state index in [0.29, 0.717) is 22.5 Å². The largest absolute Gasteiger partial charge is 0.341 e. The summed E-state index contributed by atoms with van der Waals surface area (Å²) in [6.07, 6.45) is 9.14. The summed E-state index contributed by atoms with van der Waals surface area (Å²) < 4.78 is 0. The number of nitrogens with one attached hydrogen (secondary N) is 2. The van der Waals surface area contributed by atoms with Crippen LogP contribution in [-0.4, -0.2) is 45.7 Å². The lowest BCUT2D eigenvalue weighted by Crippen LogP contribution is -2.38.